The predicted octanol–water partition coefficient (Wildman–Crippen LogP) is 5.80. The number of carbonyl (C=O) groups is 2. The third-order valence-corrected chi connectivity index (χ3v) is 6.57. The van der Waals surface area contributed by atoms with Crippen LogP contribution >= 0.6 is 0 Å². The molecule has 0 bridgehead atoms. The van der Waals surface area contributed by atoms with Gasteiger partial charge in [0.15, 0.2) is 5.78 Å². The van der Waals surface area contributed by atoms with E-state index in [1.165, 1.54) is 0 Å². The van der Waals surface area contributed by atoms with Gasteiger partial charge in [-0.25, -0.2) is 4.79 Å². The quantitative estimate of drug-likeness (QED) is 0.496. The van der Waals surface area contributed by atoms with Crippen molar-refractivity contribution < 1.29 is 23.8 Å². The monoisotopic (exact) mass is 489 g/mol. The number of hydrogen-bond acceptors (Lipinski definition) is 6. The van der Waals surface area contributed by atoms with Gasteiger partial charge in [-0.2, -0.15) is 0 Å². The van der Waals surface area contributed by atoms with Gasteiger partial charge in [-0.05, 0) is 70.7 Å². The van der Waals surface area contributed by atoms with Crippen LogP contribution in [-0.2, 0) is 14.3 Å². The lowest BCUT2D eigenvalue weighted by Gasteiger charge is -2.37. The molecule has 190 valence electrons. The Hall–Kier alpha value is -3.54. The highest BCUT2D eigenvalue weighted by molar-refractivity contribution is 6.04. The maximum absolute atomic E-state index is 13.8. The second kappa shape index (κ2) is 10.6. The number of ether oxygens (including phenoxy) is 3. The van der Waals surface area contributed by atoms with Crippen molar-refractivity contribution in [2.24, 2.45) is 0 Å². The second-order valence-corrected chi connectivity index (χ2v) is 9.95. The van der Waals surface area contributed by atoms with Gasteiger partial charge >= 0.3 is 5.97 Å². The summed E-state index contributed by atoms with van der Waals surface area (Å²) in [5.41, 5.74) is 4.53. The van der Waals surface area contributed by atoms with Crippen LogP contribution in [0.2, 0.25) is 0 Å². The van der Waals surface area contributed by atoms with Gasteiger partial charge in [0, 0.05) is 29.0 Å². The summed E-state index contributed by atoms with van der Waals surface area (Å²) in [6.45, 7) is 9.45. The highest BCUT2D eigenvalue weighted by Gasteiger charge is 2.42. The molecule has 1 aliphatic carbocycles. The molecular formula is C30H35NO5. The first kappa shape index (κ1) is 25.5. The third-order valence-electron chi connectivity index (χ3n) is 6.57. The first-order chi connectivity index (χ1) is 17.2. The van der Waals surface area contributed by atoms with E-state index in [2.05, 4.69) is 5.32 Å². The fraction of sp³-hybridized carbons (Fsp3) is 0.400. The van der Waals surface area contributed by atoms with E-state index in [1.54, 1.807) is 7.11 Å². The van der Waals surface area contributed by atoms with Crippen molar-refractivity contribution in [1.29, 1.82) is 0 Å². The number of hydrogen-bond donors (Lipinski definition) is 1. The Morgan fingerprint density at radius 2 is 1.67 bits per heavy atom. The van der Waals surface area contributed by atoms with Gasteiger partial charge in [-0.1, -0.05) is 30.3 Å². The number of carbonyl (C=O) groups excluding carboxylic acids is 2. The van der Waals surface area contributed by atoms with Crippen molar-refractivity contribution in [1.82, 2.24) is 5.32 Å². The minimum absolute atomic E-state index is 0.0243. The fourth-order valence-electron chi connectivity index (χ4n) is 5.09. The number of allylic oxidation sites excluding steroid dienone is 3. The molecule has 36 heavy (non-hydrogen) atoms. The van der Waals surface area contributed by atoms with E-state index in [9.17, 15) is 9.59 Å². The number of para-hydroxylation sites is 1. The largest absolute Gasteiger partial charge is 0.497 e. The topological polar surface area (TPSA) is 73.9 Å². The van der Waals surface area contributed by atoms with Crippen LogP contribution < -0.4 is 14.8 Å². The molecule has 2 aliphatic rings. The van der Waals surface area contributed by atoms with Crippen LogP contribution in [0.5, 0.6) is 11.5 Å². The van der Waals surface area contributed by atoms with Crippen LogP contribution in [0.25, 0.3) is 0 Å². The molecule has 1 aliphatic heterocycles. The zero-order valence-corrected chi connectivity index (χ0v) is 21.9. The summed E-state index contributed by atoms with van der Waals surface area (Å²) in [7, 11) is 1.64. The summed E-state index contributed by atoms with van der Waals surface area (Å²) in [4.78, 5) is 27.2. The Morgan fingerprint density at radius 1 is 0.972 bits per heavy atom. The molecule has 2 atom stereocenters. The first-order valence-electron chi connectivity index (χ1n) is 12.5. The van der Waals surface area contributed by atoms with E-state index in [0.717, 1.165) is 22.6 Å². The van der Waals surface area contributed by atoms with Crippen molar-refractivity contribution in [2.75, 3.05) is 7.11 Å². The summed E-state index contributed by atoms with van der Waals surface area (Å²) in [5.74, 6) is 0.526. The number of esters is 1. The molecule has 2 aromatic rings. The molecule has 1 N–H and O–H groups in total. The van der Waals surface area contributed by atoms with Gasteiger partial charge in [0.1, 0.15) is 11.5 Å². The molecule has 0 saturated heterocycles. The average Bonchev–Trinajstić information content (AvgIpc) is 2.82. The van der Waals surface area contributed by atoms with Crippen molar-refractivity contribution in [3.05, 3.63) is 82.2 Å². The molecule has 0 radical (unpaired) electrons. The summed E-state index contributed by atoms with van der Waals surface area (Å²) >= 11 is 0. The summed E-state index contributed by atoms with van der Waals surface area (Å²) in [5, 5.41) is 3.41. The van der Waals surface area contributed by atoms with Gasteiger partial charge in [0.05, 0.1) is 30.8 Å². The standard InChI is InChI=1S/C30H35NO5/c1-17(2)35-26-10-8-7-9-23(26)28-27(30(33)36-18(3)4)19(5)31-24-15-21(16-25(32)29(24)28)20-11-13-22(34-6)14-12-20/h7-14,17-18,21,28,31H,15-16H2,1-6H3/t21-,28-/m1/s1. The van der Waals surface area contributed by atoms with E-state index in [0.29, 0.717) is 35.4 Å². The zero-order chi connectivity index (χ0) is 26.0. The molecular weight excluding hydrogens is 454 g/mol. The highest BCUT2D eigenvalue weighted by atomic mass is 16.5. The second-order valence-electron chi connectivity index (χ2n) is 9.95. The number of Topliss-reactive ketones (excluding diaryl/α,β-unsaturated/α-hetero) is 1. The summed E-state index contributed by atoms with van der Waals surface area (Å²) < 4.78 is 17.1. The molecule has 0 spiro atoms. The van der Waals surface area contributed by atoms with E-state index < -0.39 is 11.9 Å². The van der Waals surface area contributed by atoms with Gasteiger partial charge in [-0.3, -0.25) is 4.79 Å². The number of dihydropyridines is 1. The summed E-state index contributed by atoms with van der Waals surface area (Å²) in [6, 6.07) is 15.5. The third kappa shape index (κ3) is 5.18. The Bertz CT molecular complexity index is 1210. The molecule has 2 aromatic carbocycles. The lowest BCUT2D eigenvalue weighted by Crippen LogP contribution is -2.36. The summed E-state index contributed by atoms with van der Waals surface area (Å²) in [6.07, 6.45) is 0.694. The molecule has 6 heteroatoms. The number of rotatable bonds is 7. The lowest BCUT2D eigenvalue weighted by molar-refractivity contribution is -0.143. The van der Waals surface area contributed by atoms with Gasteiger partial charge < -0.3 is 19.5 Å². The molecule has 0 unspecified atom stereocenters. The number of methoxy groups -OCH3 is 1. The van der Waals surface area contributed by atoms with Crippen LogP contribution in [0.4, 0.5) is 0 Å². The molecule has 0 saturated carbocycles. The molecule has 0 fully saturated rings. The smallest absolute Gasteiger partial charge is 0.337 e. The van der Waals surface area contributed by atoms with Gasteiger partial charge in [0.2, 0.25) is 0 Å². The Kier molecular flexibility index (Phi) is 7.53. The lowest BCUT2D eigenvalue weighted by atomic mass is 9.71. The number of ketones is 1. The number of nitrogens with one attached hydrogen (secondary N) is 1. The maximum atomic E-state index is 13.8. The molecule has 6 nitrogen and oxygen atoms in total. The SMILES string of the molecule is COc1ccc([C@H]2CC(=O)C3=C(C2)NC(C)=C(C(=O)OC(C)C)[C@H]3c2ccccc2OC(C)C)cc1. The van der Waals surface area contributed by atoms with Crippen LogP contribution in [0.15, 0.2) is 71.1 Å². The maximum Gasteiger partial charge on any atom is 0.337 e. The molecule has 0 amide bonds. The van der Waals surface area contributed by atoms with Gasteiger partial charge in [0.25, 0.3) is 0 Å². The van der Waals surface area contributed by atoms with Crippen LogP contribution in [-0.4, -0.2) is 31.1 Å². The van der Waals surface area contributed by atoms with E-state index in [1.807, 2.05) is 83.1 Å². The molecule has 4 rings (SSSR count). The van der Waals surface area contributed by atoms with Gasteiger partial charge in [-0.15, -0.1) is 0 Å². The normalized spacial score (nSPS) is 19.8. The Labute approximate surface area is 213 Å². The molecule has 0 aromatic heterocycles. The van der Waals surface area contributed by atoms with Crippen LogP contribution in [0.1, 0.15) is 70.4 Å². The van der Waals surface area contributed by atoms with E-state index in [4.69, 9.17) is 14.2 Å². The van der Waals surface area contributed by atoms with Crippen molar-refractivity contribution in [3.8, 4) is 11.5 Å². The highest BCUT2D eigenvalue weighted by Crippen LogP contribution is 2.48. The Morgan fingerprint density at radius 3 is 2.31 bits per heavy atom. The van der Waals surface area contributed by atoms with Crippen molar-refractivity contribution >= 4 is 11.8 Å². The number of benzene rings is 2. The van der Waals surface area contributed by atoms with Crippen LogP contribution in [0.3, 0.4) is 0 Å². The van der Waals surface area contributed by atoms with E-state index >= 15 is 0 Å². The van der Waals surface area contributed by atoms with Crippen LogP contribution in [0, 0.1) is 0 Å². The molecule has 1 heterocycles. The first-order valence-corrected chi connectivity index (χ1v) is 12.5. The van der Waals surface area contributed by atoms with Crippen molar-refractivity contribution in [3.63, 3.8) is 0 Å². The average molecular weight is 490 g/mol. The minimum Gasteiger partial charge on any atom is -0.497 e. The zero-order valence-electron chi connectivity index (χ0n) is 21.9. The fourth-order valence-corrected chi connectivity index (χ4v) is 5.09. The van der Waals surface area contributed by atoms with E-state index in [-0.39, 0.29) is 23.9 Å². The predicted molar refractivity (Wildman–Crippen MR) is 139 cm³/mol. The van der Waals surface area contributed by atoms with Crippen molar-refractivity contribution in [2.45, 2.75) is 71.5 Å². The minimum atomic E-state index is -0.563. The Balaban J connectivity index is 1.81.